The first kappa shape index (κ1) is 17.5. The number of carbonyl (C=O) groups excluding carboxylic acids is 2. The summed E-state index contributed by atoms with van der Waals surface area (Å²) in [6.07, 6.45) is -7.35. The first-order valence-corrected chi connectivity index (χ1v) is 6.25. The SMILES string of the molecule is COC(=O)C1CC(OC(F)(F)F)CN1C(=O)OC(C)(C)C. The Morgan fingerprint density at radius 1 is 1.19 bits per heavy atom. The van der Waals surface area contributed by atoms with Gasteiger partial charge in [-0.2, -0.15) is 0 Å². The van der Waals surface area contributed by atoms with E-state index in [9.17, 15) is 22.8 Å². The number of hydrogen-bond acceptors (Lipinski definition) is 5. The van der Waals surface area contributed by atoms with Crippen LogP contribution in [0.5, 0.6) is 0 Å². The van der Waals surface area contributed by atoms with Gasteiger partial charge in [0.15, 0.2) is 0 Å². The molecule has 9 heteroatoms. The van der Waals surface area contributed by atoms with Crippen LogP contribution >= 0.6 is 0 Å². The van der Waals surface area contributed by atoms with Crippen LogP contribution in [-0.4, -0.2) is 54.7 Å². The van der Waals surface area contributed by atoms with Crippen molar-refractivity contribution >= 4 is 12.1 Å². The lowest BCUT2D eigenvalue weighted by atomic mass is 10.2. The minimum Gasteiger partial charge on any atom is -0.467 e. The molecule has 1 rings (SSSR count). The molecule has 21 heavy (non-hydrogen) atoms. The highest BCUT2D eigenvalue weighted by Gasteiger charge is 2.46. The summed E-state index contributed by atoms with van der Waals surface area (Å²) >= 11 is 0. The number of amides is 1. The Morgan fingerprint density at radius 3 is 2.19 bits per heavy atom. The summed E-state index contributed by atoms with van der Waals surface area (Å²) in [6, 6.07) is -1.16. The number of rotatable bonds is 2. The van der Waals surface area contributed by atoms with Crippen molar-refractivity contribution in [3.63, 3.8) is 0 Å². The van der Waals surface area contributed by atoms with Crippen molar-refractivity contribution < 1.29 is 37.0 Å². The van der Waals surface area contributed by atoms with Gasteiger partial charge in [0.25, 0.3) is 0 Å². The molecule has 0 aromatic carbocycles. The van der Waals surface area contributed by atoms with Gasteiger partial charge in [-0.1, -0.05) is 0 Å². The van der Waals surface area contributed by atoms with Crippen molar-refractivity contribution in [2.75, 3.05) is 13.7 Å². The Kier molecular flexibility index (Phi) is 5.08. The third kappa shape index (κ3) is 5.41. The molecule has 0 bridgehead atoms. The maximum absolute atomic E-state index is 12.2. The molecule has 1 fully saturated rings. The molecule has 1 aliphatic rings. The van der Waals surface area contributed by atoms with E-state index >= 15 is 0 Å². The summed E-state index contributed by atoms with van der Waals surface area (Å²) in [5.41, 5.74) is -0.833. The lowest BCUT2D eigenvalue weighted by Crippen LogP contribution is -2.44. The number of halogens is 3. The summed E-state index contributed by atoms with van der Waals surface area (Å²) in [5.74, 6) is -0.811. The Morgan fingerprint density at radius 2 is 1.76 bits per heavy atom. The summed E-state index contributed by atoms with van der Waals surface area (Å²) in [7, 11) is 1.09. The molecule has 1 aliphatic heterocycles. The Hall–Kier alpha value is -1.51. The van der Waals surface area contributed by atoms with E-state index in [1.807, 2.05) is 0 Å². The molecule has 0 N–H and O–H groups in total. The van der Waals surface area contributed by atoms with Crippen molar-refractivity contribution in [3.8, 4) is 0 Å². The van der Waals surface area contributed by atoms with E-state index < -0.39 is 42.7 Å². The first-order valence-electron chi connectivity index (χ1n) is 6.25. The van der Waals surface area contributed by atoms with Crippen LogP contribution in [0.3, 0.4) is 0 Å². The summed E-state index contributed by atoms with van der Waals surface area (Å²) in [6.45, 7) is 4.43. The molecule has 6 nitrogen and oxygen atoms in total. The molecule has 0 aromatic rings. The quantitative estimate of drug-likeness (QED) is 0.730. The number of methoxy groups -OCH3 is 1. The highest BCUT2D eigenvalue weighted by molar-refractivity contribution is 5.82. The van der Waals surface area contributed by atoms with Crippen LogP contribution in [0.4, 0.5) is 18.0 Å². The van der Waals surface area contributed by atoms with E-state index in [-0.39, 0.29) is 6.42 Å². The fraction of sp³-hybridized carbons (Fsp3) is 0.833. The third-order valence-electron chi connectivity index (χ3n) is 2.66. The average Bonchev–Trinajstić information content (AvgIpc) is 2.67. The van der Waals surface area contributed by atoms with Gasteiger partial charge in [0.1, 0.15) is 11.6 Å². The number of alkyl halides is 3. The number of carbonyl (C=O) groups is 2. The molecule has 0 radical (unpaired) electrons. The fourth-order valence-electron chi connectivity index (χ4n) is 1.95. The second-order valence-electron chi connectivity index (χ2n) is 5.59. The summed E-state index contributed by atoms with van der Waals surface area (Å²) in [4.78, 5) is 24.5. The molecule has 1 saturated heterocycles. The number of likely N-dealkylation sites (tertiary alicyclic amines) is 1. The second kappa shape index (κ2) is 6.08. The van der Waals surface area contributed by atoms with Gasteiger partial charge in [0.2, 0.25) is 0 Å². The zero-order valence-electron chi connectivity index (χ0n) is 12.2. The molecule has 2 atom stereocenters. The van der Waals surface area contributed by atoms with Crippen LogP contribution in [0, 0.1) is 0 Å². The first-order chi connectivity index (χ1) is 9.43. The van der Waals surface area contributed by atoms with Crippen molar-refractivity contribution in [1.82, 2.24) is 4.90 Å². The molecule has 0 aliphatic carbocycles. The number of nitrogens with zero attached hydrogens (tertiary/aromatic N) is 1. The zero-order valence-corrected chi connectivity index (χ0v) is 12.2. The van der Waals surface area contributed by atoms with Crippen LogP contribution < -0.4 is 0 Å². The van der Waals surface area contributed by atoms with E-state index in [0.29, 0.717) is 0 Å². The van der Waals surface area contributed by atoms with E-state index in [0.717, 1.165) is 12.0 Å². The normalized spacial score (nSPS) is 23.1. The standard InChI is InChI=1S/C12H18F3NO5/c1-11(2,3)21-10(18)16-6-7(20-12(13,14)15)5-8(16)9(17)19-4/h7-8H,5-6H2,1-4H3. The summed E-state index contributed by atoms with van der Waals surface area (Å²) < 4.78 is 50.2. The molecule has 1 amide bonds. The lowest BCUT2D eigenvalue weighted by Gasteiger charge is -2.27. The topological polar surface area (TPSA) is 65.1 Å². The molecule has 0 saturated carbocycles. The molecule has 0 spiro atoms. The van der Waals surface area contributed by atoms with Crippen molar-refractivity contribution in [1.29, 1.82) is 0 Å². The van der Waals surface area contributed by atoms with Crippen LogP contribution in [0.25, 0.3) is 0 Å². The number of ether oxygens (including phenoxy) is 3. The van der Waals surface area contributed by atoms with E-state index in [4.69, 9.17) is 4.74 Å². The molecular formula is C12H18F3NO5. The molecule has 122 valence electrons. The Bertz CT molecular complexity index is 405. The molecular weight excluding hydrogens is 295 g/mol. The van der Waals surface area contributed by atoms with Gasteiger partial charge in [0.05, 0.1) is 19.8 Å². The fourth-order valence-corrected chi connectivity index (χ4v) is 1.95. The minimum atomic E-state index is -4.84. The van der Waals surface area contributed by atoms with Crippen molar-refractivity contribution in [2.45, 2.75) is 51.3 Å². The highest BCUT2D eigenvalue weighted by Crippen LogP contribution is 2.29. The highest BCUT2D eigenvalue weighted by atomic mass is 19.4. The zero-order chi connectivity index (χ0) is 16.4. The van der Waals surface area contributed by atoms with Gasteiger partial charge in [-0.15, -0.1) is 13.2 Å². The largest absolute Gasteiger partial charge is 0.522 e. The average molecular weight is 313 g/mol. The number of esters is 1. The van der Waals surface area contributed by atoms with Gasteiger partial charge in [-0.3, -0.25) is 9.64 Å². The van der Waals surface area contributed by atoms with Gasteiger partial charge in [-0.05, 0) is 20.8 Å². The third-order valence-corrected chi connectivity index (χ3v) is 2.66. The van der Waals surface area contributed by atoms with Gasteiger partial charge in [0, 0.05) is 6.42 Å². The monoisotopic (exact) mass is 313 g/mol. The molecule has 0 aromatic heterocycles. The molecule has 2 unspecified atom stereocenters. The van der Waals surface area contributed by atoms with Gasteiger partial charge in [-0.25, -0.2) is 9.59 Å². The van der Waals surface area contributed by atoms with Crippen molar-refractivity contribution in [2.24, 2.45) is 0 Å². The smallest absolute Gasteiger partial charge is 0.467 e. The predicted molar refractivity (Wildman–Crippen MR) is 64.3 cm³/mol. The predicted octanol–water partition coefficient (Wildman–Crippen LogP) is 2.07. The molecule has 1 heterocycles. The van der Waals surface area contributed by atoms with Crippen LogP contribution in [-0.2, 0) is 19.0 Å². The second-order valence-corrected chi connectivity index (χ2v) is 5.59. The van der Waals surface area contributed by atoms with Crippen molar-refractivity contribution in [3.05, 3.63) is 0 Å². The maximum atomic E-state index is 12.2. The lowest BCUT2D eigenvalue weighted by molar-refractivity contribution is -0.340. The van der Waals surface area contributed by atoms with Crippen LogP contribution in [0.1, 0.15) is 27.2 Å². The van der Waals surface area contributed by atoms with E-state index in [1.54, 1.807) is 20.8 Å². The Balaban J connectivity index is 2.83. The van der Waals surface area contributed by atoms with Gasteiger partial charge < -0.3 is 9.47 Å². The number of hydrogen-bond donors (Lipinski definition) is 0. The summed E-state index contributed by atoms with van der Waals surface area (Å²) in [5, 5.41) is 0. The van der Waals surface area contributed by atoms with E-state index in [1.165, 1.54) is 0 Å². The van der Waals surface area contributed by atoms with Crippen LogP contribution in [0.15, 0.2) is 0 Å². The maximum Gasteiger partial charge on any atom is 0.522 e. The minimum absolute atomic E-state index is 0.300. The Labute approximate surface area is 120 Å². The van der Waals surface area contributed by atoms with Crippen LogP contribution in [0.2, 0.25) is 0 Å². The van der Waals surface area contributed by atoms with Gasteiger partial charge >= 0.3 is 18.4 Å². The van der Waals surface area contributed by atoms with E-state index in [2.05, 4.69) is 9.47 Å².